The third-order valence-electron chi connectivity index (χ3n) is 3.20. The van der Waals surface area contributed by atoms with E-state index >= 15 is 0 Å². The molecule has 2 heteroatoms. The Balaban J connectivity index is 2.51. The number of benzene rings is 2. The molecule has 0 heterocycles. The molecule has 0 aliphatic heterocycles. The summed E-state index contributed by atoms with van der Waals surface area (Å²) in [5, 5.41) is 0. The van der Waals surface area contributed by atoms with Gasteiger partial charge in [-0.25, -0.2) is 0 Å². The van der Waals surface area contributed by atoms with Crippen LogP contribution in [0.3, 0.4) is 0 Å². The van der Waals surface area contributed by atoms with Crippen molar-refractivity contribution in [2.24, 2.45) is 0 Å². The average molecular weight is 415 g/mol. The van der Waals surface area contributed by atoms with Gasteiger partial charge in [0.2, 0.25) is 0 Å². The molecule has 94 valence electrons. The Morgan fingerprint density at radius 2 is 1.67 bits per heavy atom. The standard InChI is InChI=1S/C16H16BrI/c1-10-7-8-11(2)14(9-10)15(17)13-6-4-5-12(3)16(13)18/h4-9,15H,1-3H3. The first-order chi connectivity index (χ1) is 8.50. The fourth-order valence-electron chi connectivity index (χ4n) is 2.07. The Kier molecular flexibility index (Phi) is 4.49. The van der Waals surface area contributed by atoms with Crippen molar-refractivity contribution < 1.29 is 0 Å². The molecule has 18 heavy (non-hydrogen) atoms. The number of halogens is 2. The van der Waals surface area contributed by atoms with Crippen LogP contribution in [0.4, 0.5) is 0 Å². The van der Waals surface area contributed by atoms with E-state index in [9.17, 15) is 0 Å². The van der Waals surface area contributed by atoms with Gasteiger partial charge in [-0.1, -0.05) is 57.9 Å². The van der Waals surface area contributed by atoms with Crippen LogP contribution in [-0.4, -0.2) is 0 Å². The Morgan fingerprint density at radius 3 is 2.39 bits per heavy atom. The summed E-state index contributed by atoms with van der Waals surface area (Å²) in [6.07, 6.45) is 0. The number of hydrogen-bond donors (Lipinski definition) is 0. The summed E-state index contributed by atoms with van der Waals surface area (Å²) < 4.78 is 1.35. The van der Waals surface area contributed by atoms with E-state index in [2.05, 4.69) is 95.7 Å². The molecule has 0 bridgehead atoms. The summed E-state index contributed by atoms with van der Waals surface area (Å²) in [4.78, 5) is 0.268. The second-order valence-corrected chi connectivity index (χ2v) is 6.70. The third-order valence-corrected chi connectivity index (χ3v) is 5.66. The largest absolute Gasteiger partial charge is 0.0786 e. The summed E-state index contributed by atoms with van der Waals surface area (Å²) in [5.74, 6) is 0. The van der Waals surface area contributed by atoms with Crippen LogP contribution in [0.5, 0.6) is 0 Å². The van der Waals surface area contributed by atoms with E-state index in [0.717, 1.165) is 0 Å². The molecule has 0 saturated carbocycles. The van der Waals surface area contributed by atoms with E-state index in [1.165, 1.54) is 31.4 Å². The van der Waals surface area contributed by atoms with Gasteiger partial charge in [-0.3, -0.25) is 0 Å². The van der Waals surface area contributed by atoms with Crippen LogP contribution in [0.1, 0.15) is 32.6 Å². The summed E-state index contributed by atoms with van der Waals surface area (Å²) in [5.41, 5.74) is 6.69. The van der Waals surface area contributed by atoms with Crippen molar-refractivity contribution in [3.63, 3.8) is 0 Å². The van der Waals surface area contributed by atoms with Gasteiger partial charge in [-0.2, -0.15) is 0 Å². The van der Waals surface area contributed by atoms with E-state index in [0.29, 0.717) is 0 Å². The van der Waals surface area contributed by atoms with Crippen molar-refractivity contribution in [1.82, 2.24) is 0 Å². The van der Waals surface area contributed by atoms with Gasteiger partial charge in [-0.05, 0) is 65.6 Å². The second kappa shape index (κ2) is 5.74. The Bertz CT molecular complexity index is 573. The van der Waals surface area contributed by atoms with E-state index < -0.39 is 0 Å². The number of rotatable bonds is 2. The summed E-state index contributed by atoms with van der Waals surface area (Å²) in [7, 11) is 0. The lowest BCUT2D eigenvalue weighted by Gasteiger charge is -2.17. The Hall–Kier alpha value is -0.350. The quantitative estimate of drug-likeness (QED) is 0.436. The molecule has 1 atom stereocenters. The van der Waals surface area contributed by atoms with Crippen molar-refractivity contribution >= 4 is 38.5 Å². The predicted octanol–water partition coefficient (Wildman–Crippen LogP) is 5.70. The first kappa shape index (κ1) is 14.1. The third kappa shape index (κ3) is 2.80. The Morgan fingerprint density at radius 1 is 0.944 bits per heavy atom. The van der Waals surface area contributed by atoms with Gasteiger partial charge in [0.05, 0.1) is 4.83 Å². The molecule has 2 rings (SSSR count). The second-order valence-electron chi connectivity index (χ2n) is 4.70. The normalized spacial score (nSPS) is 12.5. The minimum atomic E-state index is 0.268. The van der Waals surface area contributed by atoms with Gasteiger partial charge in [0, 0.05) is 3.57 Å². The van der Waals surface area contributed by atoms with Crippen LogP contribution >= 0.6 is 38.5 Å². The van der Waals surface area contributed by atoms with Crippen LogP contribution in [0, 0.1) is 24.3 Å². The van der Waals surface area contributed by atoms with Gasteiger partial charge < -0.3 is 0 Å². The minimum absolute atomic E-state index is 0.268. The number of alkyl halides is 1. The Labute approximate surface area is 131 Å². The highest BCUT2D eigenvalue weighted by molar-refractivity contribution is 14.1. The smallest absolute Gasteiger partial charge is 0.0657 e. The van der Waals surface area contributed by atoms with Gasteiger partial charge in [-0.15, -0.1) is 0 Å². The predicted molar refractivity (Wildman–Crippen MR) is 90.6 cm³/mol. The lowest BCUT2D eigenvalue weighted by molar-refractivity contribution is 1.11. The zero-order valence-electron chi connectivity index (χ0n) is 10.8. The zero-order valence-corrected chi connectivity index (χ0v) is 14.5. The van der Waals surface area contributed by atoms with E-state index in [-0.39, 0.29) is 4.83 Å². The molecule has 0 spiro atoms. The zero-order chi connectivity index (χ0) is 13.3. The van der Waals surface area contributed by atoms with Crippen molar-refractivity contribution in [2.75, 3.05) is 0 Å². The van der Waals surface area contributed by atoms with Gasteiger partial charge in [0.1, 0.15) is 0 Å². The molecular formula is C16H16BrI. The molecule has 2 aromatic carbocycles. The van der Waals surface area contributed by atoms with E-state index in [1.807, 2.05) is 0 Å². The lowest BCUT2D eigenvalue weighted by atomic mass is 9.98. The van der Waals surface area contributed by atoms with Crippen LogP contribution < -0.4 is 0 Å². The molecule has 0 saturated heterocycles. The maximum absolute atomic E-state index is 3.86. The van der Waals surface area contributed by atoms with Crippen LogP contribution in [0.25, 0.3) is 0 Å². The van der Waals surface area contributed by atoms with Crippen LogP contribution in [0.15, 0.2) is 36.4 Å². The first-order valence-electron chi connectivity index (χ1n) is 5.97. The maximum Gasteiger partial charge on any atom is 0.0657 e. The van der Waals surface area contributed by atoms with E-state index in [1.54, 1.807) is 0 Å². The molecule has 0 radical (unpaired) electrons. The summed E-state index contributed by atoms with van der Waals surface area (Å²) in [6.45, 7) is 6.48. The summed E-state index contributed by atoms with van der Waals surface area (Å²) in [6, 6.07) is 13.1. The van der Waals surface area contributed by atoms with Crippen molar-refractivity contribution in [2.45, 2.75) is 25.6 Å². The van der Waals surface area contributed by atoms with Crippen molar-refractivity contribution in [3.05, 3.63) is 67.8 Å². The van der Waals surface area contributed by atoms with Crippen LogP contribution in [0.2, 0.25) is 0 Å². The number of aryl methyl sites for hydroxylation is 3. The molecule has 0 amide bonds. The maximum atomic E-state index is 3.86. The highest BCUT2D eigenvalue weighted by Crippen LogP contribution is 2.36. The molecule has 0 fully saturated rings. The van der Waals surface area contributed by atoms with Crippen molar-refractivity contribution in [1.29, 1.82) is 0 Å². The molecular weight excluding hydrogens is 399 g/mol. The molecule has 0 N–H and O–H groups in total. The summed E-state index contributed by atoms with van der Waals surface area (Å²) >= 11 is 6.30. The van der Waals surface area contributed by atoms with Crippen LogP contribution in [-0.2, 0) is 0 Å². The highest BCUT2D eigenvalue weighted by atomic mass is 127. The number of hydrogen-bond acceptors (Lipinski definition) is 0. The van der Waals surface area contributed by atoms with Gasteiger partial charge >= 0.3 is 0 Å². The molecule has 0 aliphatic rings. The lowest BCUT2D eigenvalue weighted by Crippen LogP contribution is -2.00. The molecule has 0 aliphatic carbocycles. The molecule has 2 aromatic rings. The SMILES string of the molecule is Cc1ccc(C)c(C(Br)c2cccc(C)c2I)c1. The molecule has 1 unspecified atom stereocenters. The average Bonchev–Trinajstić information content (AvgIpc) is 2.35. The fourth-order valence-corrected chi connectivity index (χ4v) is 4.04. The molecule has 0 aromatic heterocycles. The highest BCUT2D eigenvalue weighted by Gasteiger charge is 2.16. The monoisotopic (exact) mass is 414 g/mol. The fraction of sp³-hybridized carbons (Fsp3) is 0.250. The topological polar surface area (TPSA) is 0 Å². The minimum Gasteiger partial charge on any atom is -0.0786 e. The van der Waals surface area contributed by atoms with Crippen molar-refractivity contribution in [3.8, 4) is 0 Å². The van der Waals surface area contributed by atoms with E-state index in [4.69, 9.17) is 0 Å². The molecule has 0 nitrogen and oxygen atoms in total. The first-order valence-corrected chi connectivity index (χ1v) is 7.96. The van der Waals surface area contributed by atoms with Gasteiger partial charge in [0.25, 0.3) is 0 Å². The van der Waals surface area contributed by atoms with Gasteiger partial charge in [0.15, 0.2) is 0 Å².